The van der Waals surface area contributed by atoms with E-state index in [0.717, 1.165) is 18.4 Å². The molecule has 4 aromatic rings. The number of aliphatic hydroxyl groups excluding tert-OH is 1. The van der Waals surface area contributed by atoms with Crippen LogP contribution in [0.4, 0.5) is 0 Å². The number of hydrogen-bond acceptors (Lipinski definition) is 7. The smallest absolute Gasteiger partial charge is 0.326 e. The first kappa shape index (κ1) is 20.0. The number of aliphatic hydroxyl groups is 1. The van der Waals surface area contributed by atoms with E-state index in [4.69, 9.17) is 19.8 Å². The molecule has 0 bridgehead atoms. The molecule has 32 heavy (non-hydrogen) atoms. The first-order valence-corrected chi connectivity index (χ1v) is 10.4. The first-order chi connectivity index (χ1) is 15.6. The van der Waals surface area contributed by atoms with Gasteiger partial charge in [-0.05, 0) is 31.1 Å². The molecule has 0 saturated heterocycles. The minimum absolute atomic E-state index is 0.0758. The third kappa shape index (κ3) is 4.12. The van der Waals surface area contributed by atoms with Crippen LogP contribution in [0.2, 0.25) is 0 Å². The molecular weight excluding hydrogens is 412 g/mol. The van der Waals surface area contributed by atoms with Crippen molar-refractivity contribution in [1.29, 1.82) is 0 Å². The molecule has 0 amide bonds. The molecule has 3 heterocycles. The van der Waals surface area contributed by atoms with Crippen LogP contribution in [0.1, 0.15) is 25.0 Å². The summed E-state index contributed by atoms with van der Waals surface area (Å²) >= 11 is 0. The summed E-state index contributed by atoms with van der Waals surface area (Å²) in [6.45, 7) is 0.501. The summed E-state index contributed by atoms with van der Waals surface area (Å²) < 4.78 is 7.37. The zero-order valence-corrected chi connectivity index (χ0v) is 17.2. The van der Waals surface area contributed by atoms with Gasteiger partial charge in [-0.25, -0.2) is 9.78 Å². The number of nitrogens with one attached hydrogen (secondary N) is 2. The van der Waals surface area contributed by atoms with Gasteiger partial charge in [0.25, 0.3) is 0 Å². The summed E-state index contributed by atoms with van der Waals surface area (Å²) in [6, 6.07) is 9.75. The van der Waals surface area contributed by atoms with E-state index in [1.165, 1.54) is 0 Å². The second-order valence-corrected chi connectivity index (χ2v) is 7.63. The van der Waals surface area contributed by atoms with E-state index in [1.54, 1.807) is 16.8 Å². The van der Waals surface area contributed by atoms with Gasteiger partial charge in [-0.1, -0.05) is 12.1 Å². The number of imidazole rings is 1. The molecule has 0 aliphatic heterocycles. The summed E-state index contributed by atoms with van der Waals surface area (Å²) in [5, 5.41) is 23.9. The molecular formula is C22H22N6O4. The zero-order valence-electron chi connectivity index (χ0n) is 17.2. The van der Waals surface area contributed by atoms with E-state index in [-0.39, 0.29) is 24.2 Å². The fraction of sp³-hybridized carbons (Fsp3) is 0.273. The Bertz CT molecular complexity index is 1450. The van der Waals surface area contributed by atoms with Gasteiger partial charge in [0.1, 0.15) is 11.4 Å². The van der Waals surface area contributed by atoms with Gasteiger partial charge >= 0.3 is 5.69 Å². The van der Waals surface area contributed by atoms with Crippen molar-refractivity contribution < 1.29 is 14.9 Å². The molecule has 1 saturated carbocycles. The van der Waals surface area contributed by atoms with Crippen molar-refractivity contribution in [2.24, 2.45) is 4.99 Å². The minimum Gasteiger partial charge on any atom is -0.493 e. The summed E-state index contributed by atoms with van der Waals surface area (Å²) in [6.07, 6.45) is 5.89. The molecule has 1 fully saturated rings. The van der Waals surface area contributed by atoms with E-state index in [2.05, 4.69) is 15.1 Å². The second kappa shape index (κ2) is 8.31. The lowest BCUT2D eigenvalue weighted by molar-refractivity contribution is 0.233. The van der Waals surface area contributed by atoms with Crippen molar-refractivity contribution in [2.75, 3.05) is 13.2 Å². The molecule has 0 spiro atoms. The third-order valence-corrected chi connectivity index (χ3v) is 5.08. The summed E-state index contributed by atoms with van der Waals surface area (Å²) in [4.78, 5) is 25.9. The lowest BCUT2D eigenvalue weighted by Gasteiger charge is -2.08. The second-order valence-electron chi connectivity index (χ2n) is 7.63. The fourth-order valence-electron chi connectivity index (χ4n) is 3.34. The van der Waals surface area contributed by atoms with Crippen LogP contribution in [-0.4, -0.2) is 54.0 Å². The van der Waals surface area contributed by atoms with Crippen LogP contribution in [0.5, 0.6) is 11.6 Å². The molecule has 1 aromatic carbocycles. The largest absolute Gasteiger partial charge is 0.493 e. The number of aromatic nitrogens is 5. The molecule has 5 rings (SSSR count). The molecule has 1 aliphatic carbocycles. The Morgan fingerprint density at radius 2 is 2.16 bits per heavy atom. The van der Waals surface area contributed by atoms with Crippen LogP contribution >= 0.6 is 0 Å². The Morgan fingerprint density at radius 1 is 1.28 bits per heavy atom. The van der Waals surface area contributed by atoms with Gasteiger partial charge in [0.05, 0.1) is 24.5 Å². The number of aromatic hydroxyl groups is 1. The number of aromatic amines is 2. The maximum Gasteiger partial charge on any atom is 0.326 e. The van der Waals surface area contributed by atoms with Crippen molar-refractivity contribution >= 4 is 11.7 Å². The number of fused-ring (bicyclic) bond motifs is 1. The first-order valence-electron chi connectivity index (χ1n) is 10.4. The highest BCUT2D eigenvalue weighted by Crippen LogP contribution is 2.24. The lowest BCUT2D eigenvalue weighted by Crippen LogP contribution is -2.19. The topological polar surface area (TPSA) is 141 Å². The Morgan fingerprint density at radius 3 is 2.91 bits per heavy atom. The number of ether oxygens (including phenoxy) is 1. The van der Waals surface area contributed by atoms with E-state index < -0.39 is 5.69 Å². The molecule has 0 radical (unpaired) electrons. The van der Waals surface area contributed by atoms with E-state index in [1.807, 2.05) is 30.3 Å². The molecule has 1 aliphatic rings. The van der Waals surface area contributed by atoms with E-state index >= 15 is 0 Å². The van der Waals surface area contributed by atoms with Gasteiger partial charge in [-0.15, -0.1) is 0 Å². The highest BCUT2D eigenvalue weighted by atomic mass is 16.5. The van der Waals surface area contributed by atoms with Crippen LogP contribution in [0, 0.1) is 0 Å². The van der Waals surface area contributed by atoms with Crippen molar-refractivity contribution in [3.63, 3.8) is 0 Å². The van der Waals surface area contributed by atoms with Crippen molar-refractivity contribution in [1.82, 2.24) is 24.6 Å². The van der Waals surface area contributed by atoms with E-state index in [9.17, 15) is 9.90 Å². The van der Waals surface area contributed by atoms with Crippen molar-refractivity contribution in [2.45, 2.75) is 25.3 Å². The SMILES string of the molecule is O=c1[nH]c(O)c(/C=c2\cnn3c(=NC4CC4)cc(-c4cccc(OCCCO)c4)nc23)[nH]1. The number of benzene rings is 1. The third-order valence-electron chi connectivity index (χ3n) is 5.08. The molecule has 0 unspecified atom stereocenters. The van der Waals surface area contributed by atoms with Crippen LogP contribution in [0.25, 0.3) is 23.0 Å². The molecule has 10 heteroatoms. The quantitative estimate of drug-likeness (QED) is 0.312. The highest BCUT2D eigenvalue weighted by Gasteiger charge is 2.20. The van der Waals surface area contributed by atoms with Gasteiger partial charge in [0.2, 0.25) is 5.88 Å². The fourth-order valence-corrected chi connectivity index (χ4v) is 3.34. The van der Waals surface area contributed by atoms with Gasteiger partial charge in [0.15, 0.2) is 11.1 Å². The predicted octanol–water partition coefficient (Wildman–Crippen LogP) is 0.490. The minimum atomic E-state index is -0.499. The Hall–Kier alpha value is -3.92. The van der Waals surface area contributed by atoms with Crippen molar-refractivity contribution in [3.05, 3.63) is 63.4 Å². The van der Waals surface area contributed by atoms with Crippen molar-refractivity contribution in [3.8, 4) is 22.9 Å². The summed E-state index contributed by atoms with van der Waals surface area (Å²) in [7, 11) is 0. The molecule has 164 valence electrons. The highest BCUT2D eigenvalue weighted by molar-refractivity contribution is 5.64. The Labute approximate surface area is 181 Å². The molecule has 0 atom stereocenters. The van der Waals surface area contributed by atoms with Gasteiger partial charge in [-0.2, -0.15) is 9.61 Å². The number of H-pyrrole nitrogens is 2. The van der Waals surface area contributed by atoms with Crippen LogP contribution in [0.15, 0.2) is 46.3 Å². The lowest BCUT2D eigenvalue weighted by atomic mass is 10.1. The maximum absolute atomic E-state index is 11.5. The number of nitrogens with zero attached hydrogens (tertiary/aromatic N) is 4. The average molecular weight is 434 g/mol. The van der Waals surface area contributed by atoms with Gasteiger partial charge in [-0.3, -0.25) is 9.98 Å². The number of hydrogen-bond donors (Lipinski definition) is 4. The summed E-state index contributed by atoms with van der Waals surface area (Å²) in [5.74, 6) is 0.439. The van der Waals surface area contributed by atoms with Gasteiger partial charge in [0, 0.05) is 29.9 Å². The molecule has 10 nitrogen and oxygen atoms in total. The molecule has 4 N–H and O–H groups in total. The van der Waals surface area contributed by atoms with Crippen LogP contribution in [-0.2, 0) is 0 Å². The van der Waals surface area contributed by atoms with Crippen LogP contribution < -0.4 is 21.1 Å². The predicted molar refractivity (Wildman–Crippen MR) is 116 cm³/mol. The monoisotopic (exact) mass is 434 g/mol. The van der Waals surface area contributed by atoms with E-state index in [0.29, 0.717) is 40.8 Å². The Balaban J connectivity index is 1.65. The maximum atomic E-state index is 11.5. The summed E-state index contributed by atoms with van der Waals surface area (Å²) in [5.41, 5.74) is 2.54. The molecule has 3 aromatic heterocycles. The van der Waals surface area contributed by atoms with Crippen LogP contribution in [0.3, 0.4) is 0 Å². The number of rotatable bonds is 7. The average Bonchev–Trinajstić information content (AvgIpc) is 3.42. The standard InChI is InChI=1S/C22H22N6O4/c29-7-2-8-32-16-4-1-3-13(9-16)17-11-19(24-15-5-6-15)28-20(25-17)14(12-23-28)10-18-21(30)27-22(31)26-18/h1,3-4,9-12,15,29-30H,2,5-8H2,(H2,26,27,31)/b14-10+,24-19?. The zero-order chi connectivity index (χ0) is 22.1. The Kier molecular flexibility index (Phi) is 5.20. The van der Waals surface area contributed by atoms with Gasteiger partial charge < -0.3 is 19.9 Å². The normalized spacial score (nSPS) is 15.0.